The molecule has 0 radical (unpaired) electrons. The summed E-state index contributed by atoms with van der Waals surface area (Å²) in [6.07, 6.45) is 8.03. The summed E-state index contributed by atoms with van der Waals surface area (Å²) >= 11 is 0. The standard InChI is InChI=1S/C21H21N3O/c1-2-20-22-14-15-24(20)19-11-8-18(9-12-19)16-23-21(25)13-10-17-6-4-3-5-7-17/h3-15H,2,16H2,1H3,(H,23,25)/b13-10+. The van der Waals surface area contributed by atoms with Gasteiger partial charge < -0.3 is 9.88 Å². The Kier molecular flexibility index (Phi) is 5.42. The average molecular weight is 331 g/mol. The first-order chi connectivity index (χ1) is 12.3. The molecule has 0 saturated heterocycles. The third kappa shape index (κ3) is 4.44. The van der Waals surface area contributed by atoms with Crippen LogP contribution in [-0.2, 0) is 17.8 Å². The van der Waals surface area contributed by atoms with E-state index >= 15 is 0 Å². The molecule has 4 nitrogen and oxygen atoms in total. The molecule has 1 aromatic heterocycles. The number of hydrogen-bond donors (Lipinski definition) is 1. The van der Waals surface area contributed by atoms with E-state index < -0.39 is 0 Å². The molecular weight excluding hydrogens is 310 g/mol. The summed E-state index contributed by atoms with van der Waals surface area (Å²) in [7, 11) is 0. The van der Waals surface area contributed by atoms with Crippen LogP contribution in [-0.4, -0.2) is 15.5 Å². The van der Waals surface area contributed by atoms with Crippen LogP contribution in [0.2, 0.25) is 0 Å². The fraction of sp³-hybridized carbons (Fsp3) is 0.143. The Morgan fingerprint density at radius 1 is 1.12 bits per heavy atom. The van der Waals surface area contributed by atoms with Crippen molar-refractivity contribution in [3.63, 3.8) is 0 Å². The van der Waals surface area contributed by atoms with Gasteiger partial charge in [-0.15, -0.1) is 0 Å². The molecule has 0 atom stereocenters. The molecule has 0 fully saturated rings. The Morgan fingerprint density at radius 3 is 2.60 bits per heavy atom. The molecule has 0 spiro atoms. The number of amides is 1. The lowest BCUT2D eigenvalue weighted by Gasteiger charge is -2.08. The van der Waals surface area contributed by atoms with Crippen LogP contribution in [0.25, 0.3) is 11.8 Å². The quantitative estimate of drug-likeness (QED) is 0.699. The summed E-state index contributed by atoms with van der Waals surface area (Å²) in [5.74, 6) is 0.933. The second kappa shape index (κ2) is 8.11. The lowest BCUT2D eigenvalue weighted by Crippen LogP contribution is -2.20. The van der Waals surface area contributed by atoms with Gasteiger partial charge in [0.05, 0.1) is 0 Å². The van der Waals surface area contributed by atoms with E-state index in [0.717, 1.165) is 29.1 Å². The topological polar surface area (TPSA) is 46.9 Å². The molecule has 1 N–H and O–H groups in total. The zero-order valence-corrected chi connectivity index (χ0v) is 14.2. The first kappa shape index (κ1) is 16.7. The average Bonchev–Trinajstić information content (AvgIpc) is 3.15. The van der Waals surface area contributed by atoms with Gasteiger partial charge in [-0.25, -0.2) is 4.98 Å². The summed E-state index contributed by atoms with van der Waals surface area (Å²) < 4.78 is 2.07. The van der Waals surface area contributed by atoms with Gasteiger partial charge in [-0.3, -0.25) is 4.79 Å². The van der Waals surface area contributed by atoms with Crippen LogP contribution in [0.4, 0.5) is 0 Å². The number of rotatable bonds is 6. The van der Waals surface area contributed by atoms with E-state index in [1.165, 1.54) is 0 Å². The number of hydrogen-bond acceptors (Lipinski definition) is 2. The van der Waals surface area contributed by atoms with E-state index in [-0.39, 0.29) is 5.91 Å². The number of nitrogens with one attached hydrogen (secondary N) is 1. The SMILES string of the molecule is CCc1nccn1-c1ccc(CNC(=O)/C=C/c2ccccc2)cc1. The number of carbonyl (C=O) groups excluding carboxylic acids is 1. The van der Waals surface area contributed by atoms with Crippen LogP contribution in [0, 0.1) is 0 Å². The predicted molar refractivity (Wildman–Crippen MR) is 100 cm³/mol. The van der Waals surface area contributed by atoms with Crippen molar-refractivity contribution in [3.8, 4) is 5.69 Å². The van der Waals surface area contributed by atoms with Gasteiger partial charge in [0.25, 0.3) is 0 Å². The molecule has 0 unspecified atom stereocenters. The van der Waals surface area contributed by atoms with Crippen molar-refractivity contribution < 1.29 is 4.79 Å². The van der Waals surface area contributed by atoms with Crippen molar-refractivity contribution in [2.24, 2.45) is 0 Å². The molecule has 126 valence electrons. The summed E-state index contributed by atoms with van der Waals surface area (Å²) in [5, 5.41) is 2.90. The van der Waals surface area contributed by atoms with Crippen LogP contribution < -0.4 is 5.32 Å². The van der Waals surface area contributed by atoms with E-state index in [9.17, 15) is 4.79 Å². The Balaban J connectivity index is 1.57. The monoisotopic (exact) mass is 331 g/mol. The van der Waals surface area contributed by atoms with E-state index in [2.05, 4.69) is 21.8 Å². The number of aromatic nitrogens is 2. The van der Waals surface area contributed by atoms with E-state index in [4.69, 9.17) is 0 Å². The molecule has 3 rings (SSSR count). The zero-order chi connectivity index (χ0) is 17.5. The number of nitrogens with zero attached hydrogens (tertiary/aromatic N) is 2. The van der Waals surface area contributed by atoms with Crippen LogP contribution in [0.3, 0.4) is 0 Å². The molecule has 2 aromatic carbocycles. The maximum absolute atomic E-state index is 11.9. The van der Waals surface area contributed by atoms with Gasteiger partial charge in [-0.05, 0) is 29.3 Å². The molecule has 0 aliphatic rings. The summed E-state index contributed by atoms with van der Waals surface area (Å²) in [6, 6.07) is 17.9. The van der Waals surface area contributed by atoms with Crippen molar-refractivity contribution in [2.75, 3.05) is 0 Å². The summed E-state index contributed by atoms with van der Waals surface area (Å²) in [5.41, 5.74) is 3.14. The minimum Gasteiger partial charge on any atom is -0.348 e. The van der Waals surface area contributed by atoms with Gasteiger partial charge in [-0.1, -0.05) is 49.4 Å². The molecule has 25 heavy (non-hydrogen) atoms. The number of benzene rings is 2. The Bertz CT molecular complexity index is 848. The third-order valence-electron chi connectivity index (χ3n) is 3.94. The summed E-state index contributed by atoms with van der Waals surface area (Å²) in [6.45, 7) is 2.59. The Hall–Kier alpha value is -3.14. The minimum atomic E-state index is -0.101. The Labute approximate surface area is 147 Å². The highest BCUT2D eigenvalue weighted by Gasteiger charge is 2.03. The predicted octanol–water partition coefficient (Wildman–Crippen LogP) is 3.76. The molecule has 1 amide bonds. The smallest absolute Gasteiger partial charge is 0.244 e. The van der Waals surface area contributed by atoms with Gasteiger partial charge in [-0.2, -0.15) is 0 Å². The van der Waals surface area contributed by atoms with Gasteiger partial charge in [0.2, 0.25) is 5.91 Å². The third-order valence-corrected chi connectivity index (χ3v) is 3.94. The van der Waals surface area contributed by atoms with Crippen molar-refractivity contribution >= 4 is 12.0 Å². The fourth-order valence-electron chi connectivity index (χ4n) is 2.59. The van der Waals surface area contributed by atoms with E-state index in [0.29, 0.717) is 6.54 Å². The molecule has 0 aliphatic carbocycles. The lowest BCUT2D eigenvalue weighted by atomic mass is 10.2. The number of imidazole rings is 1. The van der Waals surface area contributed by atoms with Crippen molar-refractivity contribution in [2.45, 2.75) is 19.9 Å². The van der Waals surface area contributed by atoms with Gasteiger partial charge in [0.1, 0.15) is 5.82 Å². The fourth-order valence-corrected chi connectivity index (χ4v) is 2.59. The van der Waals surface area contributed by atoms with Crippen LogP contribution >= 0.6 is 0 Å². The second-order valence-corrected chi connectivity index (χ2v) is 5.70. The van der Waals surface area contributed by atoms with E-state index in [1.54, 1.807) is 6.08 Å². The lowest BCUT2D eigenvalue weighted by molar-refractivity contribution is -0.116. The zero-order valence-electron chi connectivity index (χ0n) is 14.2. The highest BCUT2D eigenvalue weighted by Crippen LogP contribution is 2.12. The summed E-state index contributed by atoms with van der Waals surface area (Å²) in [4.78, 5) is 16.3. The highest BCUT2D eigenvalue weighted by atomic mass is 16.1. The van der Waals surface area contributed by atoms with Crippen molar-refractivity contribution in [3.05, 3.63) is 90.0 Å². The van der Waals surface area contributed by atoms with Crippen LogP contribution in [0.15, 0.2) is 73.1 Å². The molecule has 1 heterocycles. The van der Waals surface area contributed by atoms with E-state index in [1.807, 2.05) is 73.1 Å². The molecule has 0 bridgehead atoms. The highest BCUT2D eigenvalue weighted by molar-refractivity contribution is 5.91. The second-order valence-electron chi connectivity index (χ2n) is 5.70. The first-order valence-electron chi connectivity index (χ1n) is 8.39. The van der Waals surface area contributed by atoms with Gasteiger partial charge in [0.15, 0.2) is 0 Å². The molecular formula is C21H21N3O. The maximum Gasteiger partial charge on any atom is 0.244 e. The molecule has 3 aromatic rings. The Morgan fingerprint density at radius 2 is 1.88 bits per heavy atom. The molecule has 0 aliphatic heterocycles. The van der Waals surface area contributed by atoms with Crippen LogP contribution in [0.1, 0.15) is 23.9 Å². The minimum absolute atomic E-state index is 0.101. The largest absolute Gasteiger partial charge is 0.348 e. The normalized spacial score (nSPS) is 10.9. The maximum atomic E-state index is 11.9. The van der Waals surface area contributed by atoms with Crippen molar-refractivity contribution in [1.29, 1.82) is 0 Å². The number of carbonyl (C=O) groups is 1. The number of aryl methyl sites for hydroxylation is 1. The van der Waals surface area contributed by atoms with Crippen molar-refractivity contribution in [1.82, 2.24) is 14.9 Å². The first-order valence-corrected chi connectivity index (χ1v) is 8.39. The van der Waals surface area contributed by atoms with Gasteiger partial charge in [0, 0.05) is 37.1 Å². The molecule has 4 heteroatoms. The molecule has 0 saturated carbocycles. The van der Waals surface area contributed by atoms with Crippen LogP contribution in [0.5, 0.6) is 0 Å². The van der Waals surface area contributed by atoms with Gasteiger partial charge >= 0.3 is 0 Å².